The summed E-state index contributed by atoms with van der Waals surface area (Å²) >= 11 is 0. The Morgan fingerprint density at radius 3 is 2.56 bits per heavy atom. The maximum atomic E-state index is 13.3. The van der Waals surface area contributed by atoms with Crippen LogP contribution in [0, 0.1) is 5.92 Å². The topological polar surface area (TPSA) is 21.3 Å². The summed E-state index contributed by atoms with van der Waals surface area (Å²) < 4.78 is 32.0. The molecule has 1 fully saturated rings. The molecule has 0 aliphatic heterocycles. The van der Waals surface area contributed by atoms with Crippen molar-refractivity contribution in [1.82, 2.24) is 5.32 Å². The number of methoxy groups -OCH3 is 1. The second-order valence-corrected chi connectivity index (χ2v) is 6.03. The molecule has 1 N–H and O–H groups in total. The minimum atomic E-state index is -2.45. The highest BCUT2D eigenvalue weighted by molar-refractivity contribution is 4.89. The van der Waals surface area contributed by atoms with Crippen LogP contribution < -0.4 is 5.32 Å². The van der Waals surface area contributed by atoms with Crippen molar-refractivity contribution < 1.29 is 13.5 Å². The van der Waals surface area contributed by atoms with E-state index in [4.69, 9.17) is 4.74 Å². The Hall–Kier alpha value is -0.220. The third-order valence-electron chi connectivity index (χ3n) is 4.09. The van der Waals surface area contributed by atoms with Gasteiger partial charge in [-0.2, -0.15) is 0 Å². The van der Waals surface area contributed by atoms with Gasteiger partial charge in [0.05, 0.1) is 5.60 Å². The molecule has 2 nitrogen and oxygen atoms in total. The van der Waals surface area contributed by atoms with Gasteiger partial charge >= 0.3 is 0 Å². The molecule has 0 radical (unpaired) electrons. The molecule has 0 spiro atoms. The number of alkyl halides is 2. The molecule has 108 valence electrons. The van der Waals surface area contributed by atoms with Crippen molar-refractivity contribution in [3.8, 4) is 0 Å². The van der Waals surface area contributed by atoms with Crippen LogP contribution in [-0.2, 0) is 4.74 Å². The van der Waals surface area contributed by atoms with Gasteiger partial charge in [0.15, 0.2) is 0 Å². The minimum Gasteiger partial charge on any atom is -0.379 e. The molecule has 1 rings (SSSR count). The Morgan fingerprint density at radius 2 is 2.11 bits per heavy atom. The highest BCUT2D eigenvalue weighted by Gasteiger charge is 2.42. The van der Waals surface area contributed by atoms with Crippen LogP contribution in [0.4, 0.5) is 8.78 Å². The normalized spacial score (nSPS) is 25.3. The van der Waals surface area contributed by atoms with Crippen LogP contribution in [0.15, 0.2) is 0 Å². The molecule has 0 aromatic heterocycles. The lowest BCUT2D eigenvalue weighted by molar-refractivity contribution is -0.000607. The van der Waals surface area contributed by atoms with E-state index in [2.05, 4.69) is 5.32 Å². The van der Waals surface area contributed by atoms with E-state index in [1.807, 2.05) is 20.8 Å². The lowest BCUT2D eigenvalue weighted by Crippen LogP contribution is -2.37. The molecule has 0 bridgehead atoms. The summed E-state index contributed by atoms with van der Waals surface area (Å²) in [6.07, 6.45) is 2.52. The molecule has 0 amide bonds. The van der Waals surface area contributed by atoms with Crippen molar-refractivity contribution in [2.24, 2.45) is 5.92 Å². The Balaban J connectivity index is 2.50. The molecular formula is C14H27F2NO. The van der Waals surface area contributed by atoms with Gasteiger partial charge in [0.2, 0.25) is 5.92 Å². The molecule has 1 saturated carbocycles. The van der Waals surface area contributed by atoms with Gasteiger partial charge in [0, 0.05) is 26.0 Å². The second-order valence-electron chi connectivity index (χ2n) is 6.03. The molecule has 2 atom stereocenters. The summed E-state index contributed by atoms with van der Waals surface area (Å²) in [5.41, 5.74) is -0.172. The highest BCUT2D eigenvalue weighted by atomic mass is 19.3. The van der Waals surface area contributed by atoms with Gasteiger partial charge in [-0.3, -0.25) is 0 Å². The first-order chi connectivity index (χ1) is 8.29. The lowest BCUT2D eigenvalue weighted by Gasteiger charge is -2.29. The van der Waals surface area contributed by atoms with Gasteiger partial charge in [-0.1, -0.05) is 6.92 Å². The highest BCUT2D eigenvalue weighted by Crippen LogP contribution is 2.41. The maximum Gasteiger partial charge on any atom is 0.248 e. The third-order valence-corrected chi connectivity index (χ3v) is 4.09. The third kappa shape index (κ3) is 4.81. The average molecular weight is 263 g/mol. The molecule has 4 heteroatoms. The van der Waals surface area contributed by atoms with Crippen molar-refractivity contribution in [2.45, 2.75) is 70.4 Å². The van der Waals surface area contributed by atoms with E-state index in [0.717, 1.165) is 19.4 Å². The number of rotatable bonds is 7. The van der Waals surface area contributed by atoms with E-state index in [1.165, 1.54) is 0 Å². The SMILES string of the molecule is CCNC(CCC(C)(C)OC)C1CCC(F)(F)C1. The van der Waals surface area contributed by atoms with Crippen molar-refractivity contribution >= 4 is 0 Å². The van der Waals surface area contributed by atoms with E-state index in [-0.39, 0.29) is 30.4 Å². The monoisotopic (exact) mass is 263 g/mol. The van der Waals surface area contributed by atoms with E-state index < -0.39 is 5.92 Å². The van der Waals surface area contributed by atoms with Gasteiger partial charge < -0.3 is 10.1 Å². The summed E-state index contributed by atoms with van der Waals surface area (Å²) in [4.78, 5) is 0. The fourth-order valence-corrected chi connectivity index (χ4v) is 2.70. The number of halogens is 2. The number of hydrogen-bond acceptors (Lipinski definition) is 2. The van der Waals surface area contributed by atoms with Gasteiger partial charge in [0.1, 0.15) is 0 Å². The lowest BCUT2D eigenvalue weighted by atomic mass is 9.90. The van der Waals surface area contributed by atoms with Crippen LogP contribution in [0.3, 0.4) is 0 Å². The van der Waals surface area contributed by atoms with Crippen LogP contribution in [0.5, 0.6) is 0 Å². The molecule has 1 aliphatic rings. The zero-order valence-corrected chi connectivity index (χ0v) is 12.1. The standard InChI is InChI=1S/C14H27F2NO/c1-5-17-12(7-8-13(2,3)18-4)11-6-9-14(15,16)10-11/h11-12,17H,5-10H2,1-4H3. The molecule has 0 aromatic carbocycles. The predicted molar refractivity (Wildman–Crippen MR) is 70.1 cm³/mol. The van der Waals surface area contributed by atoms with E-state index >= 15 is 0 Å². The Morgan fingerprint density at radius 1 is 1.44 bits per heavy atom. The van der Waals surface area contributed by atoms with Crippen molar-refractivity contribution in [3.63, 3.8) is 0 Å². The molecule has 0 saturated heterocycles. The van der Waals surface area contributed by atoms with Crippen LogP contribution in [0.2, 0.25) is 0 Å². The zero-order chi connectivity index (χ0) is 13.8. The largest absolute Gasteiger partial charge is 0.379 e. The quantitative estimate of drug-likeness (QED) is 0.757. The van der Waals surface area contributed by atoms with Gasteiger partial charge in [-0.05, 0) is 45.6 Å². The summed E-state index contributed by atoms with van der Waals surface area (Å²) in [5.74, 6) is -2.35. The van der Waals surface area contributed by atoms with Crippen molar-refractivity contribution in [3.05, 3.63) is 0 Å². The fourth-order valence-electron chi connectivity index (χ4n) is 2.70. The molecule has 1 aliphatic carbocycles. The molecule has 18 heavy (non-hydrogen) atoms. The molecule has 0 heterocycles. The number of hydrogen-bond donors (Lipinski definition) is 1. The predicted octanol–water partition coefficient (Wildman–Crippen LogP) is 3.61. The Labute approximate surface area is 109 Å². The van der Waals surface area contributed by atoms with E-state index in [0.29, 0.717) is 6.42 Å². The van der Waals surface area contributed by atoms with Gasteiger partial charge in [-0.25, -0.2) is 8.78 Å². The second kappa shape index (κ2) is 6.29. The fraction of sp³-hybridized carbons (Fsp3) is 1.00. The van der Waals surface area contributed by atoms with E-state index in [9.17, 15) is 8.78 Å². The van der Waals surface area contributed by atoms with E-state index in [1.54, 1.807) is 7.11 Å². The number of nitrogens with one attached hydrogen (secondary N) is 1. The number of ether oxygens (including phenoxy) is 1. The van der Waals surface area contributed by atoms with Crippen LogP contribution >= 0.6 is 0 Å². The molecule has 0 aromatic rings. The van der Waals surface area contributed by atoms with Crippen LogP contribution in [0.25, 0.3) is 0 Å². The van der Waals surface area contributed by atoms with Gasteiger partial charge in [-0.15, -0.1) is 0 Å². The first kappa shape index (κ1) is 15.8. The van der Waals surface area contributed by atoms with Crippen molar-refractivity contribution in [2.75, 3.05) is 13.7 Å². The smallest absolute Gasteiger partial charge is 0.248 e. The zero-order valence-electron chi connectivity index (χ0n) is 12.1. The summed E-state index contributed by atoms with van der Waals surface area (Å²) in [6, 6.07) is 0.192. The van der Waals surface area contributed by atoms with Crippen LogP contribution in [0.1, 0.15) is 52.9 Å². The summed E-state index contributed by atoms with van der Waals surface area (Å²) in [5, 5.41) is 3.37. The van der Waals surface area contributed by atoms with Crippen molar-refractivity contribution in [1.29, 1.82) is 0 Å². The molecule has 2 unspecified atom stereocenters. The van der Waals surface area contributed by atoms with Gasteiger partial charge in [0.25, 0.3) is 0 Å². The maximum absolute atomic E-state index is 13.3. The first-order valence-electron chi connectivity index (χ1n) is 6.96. The Kier molecular flexibility index (Phi) is 5.53. The first-order valence-corrected chi connectivity index (χ1v) is 6.96. The minimum absolute atomic E-state index is 0.0398. The Bertz CT molecular complexity index is 256. The summed E-state index contributed by atoms with van der Waals surface area (Å²) in [7, 11) is 1.70. The molecular weight excluding hydrogens is 236 g/mol. The average Bonchev–Trinajstić information content (AvgIpc) is 2.65. The van der Waals surface area contributed by atoms with Crippen LogP contribution in [-0.4, -0.2) is 31.2 Å². The summed E-state index contributed by atoms with van der Waals surface area (Å²) in [6.45, 7) is 6.94.